The fourth-order valence-electron chi connectivity index (χ4n) is 4.45. The zero-order valence-corrected chi connectivity index (χ0v) is 26.4. The molecule has 0 fully saturated rings. The number of ether oxygens (including phenoxy) is 3. The van der Waals surface area contributed by atoms with Crippen molar-refractivity contribution in [2.24, 2.45) is 0 Å². The summed E-state index contributed by atoms with van der Waals surface area (Å²) in [5.41, 5.74) is 3.59. The highest BCUT2D eigenvalue weighted by atomic mass is 28.3. The standard InChI is InChI=1S/C30H39N7O4Si/c1-20-9-8-10-23(33-20)24-17-25(26-28(35-24)36(13-14-40-26)29(38)41-30(2,3)4)34-22-11-12-31-27-21(22)18-32-37(27)19-39-15-16-42(5,6)7/h8-12,17-18H,13-16,19H2,1-7H3,(H,31,34,35). The predicted octanol–water partition coefficient (Wildman–Crippen LogP) is 6.39. The van der Waals surface area contributed by atoms with Gasteiger partial charge in [-0.1, -0.05) is 25.7 Å². The SMILES string of the molecule is Cc1cccc(-c2cc(Nc3ccnc4c3cnn4COCC[Si](C)(C)C)c3c(n2)N(C(=O)OC(C)(C)C)CCO3)n1. The van der Waals surface area contributed by atoms with Crippen molar-refractivity contribution in [3.63, 3.8) is 0 Å². The molecule has 0 unspecified atom stereocenters. The number of aromatic nitrogens is 5. The first-order chi connectivity index (χ1) is 19.9. The molecular weight excluding hydrogens is 550 g/mol. The number of carbonyl (C=O) groups is 1. The van der Waals surface area contributed by atoms with E-state index in [0.717, 1.165) is 22.8 Å². The molecule has 0 atom stereocenters. The van der Waals surface area contributed by atoms with Gasteiger partial charge in [-0.25, -0.2) is 19.4 Å². The molecule has 0 aromatic carbocycles. The van der Waals surface area contributed by atoms with Crippen LogP contribution < -0.4 is 15.0 Å². The second-order valence-electron chi connectivity index (χ2n) is 12.6. The van der Waals surface area contributed by atoms with Crippen molar-refractivity contribution >= 4 is 42.4 Å². The Morgan fingerprint density at radius 1 is 1.12 bits per heavy atom. The molecule has 222 valence electrons. The average molecular weight is 590 g/mol. The molecule has 12 heteroatoms. The summed E-state index contributed by atoms with van der Waals surface area (Å²) in [6.45, 7) is 16.1. The van der Waals surface area contributed by atoms with Crippen LogP contribution in [-0.2, 0) is 16.2 Å². The minimum atomic E-state index is -1.19. The normalized spacial score (nSPS) is 13.5. The fourth-order valence-corrected chi connectivity index (χ4v) is 5.21. The maximum Gasteiger partial charge on any atom is 0.416 e. The Morgan fingerprint density at radius 2 is 1.93 bits per heavy atom. The van der Waals surface area contributed by atoms with Crippen LogP contribution in [0.3, 0.4) is 0 Å². The van der Waals surface area contributed by atoms with Gasteiger partial charge in [0.25, 0.3) is 0 Å². The first-order valence-electron chi connectivity index (χ1n) is 14.2. The van der Waals surface area contributed by atoms with E-state index in [2.05, 4.69) is 40.0 Å². The summed E-state index contributed by atoms with van der Waals surface area (Å²) in [7, 11) is -1.19. The minimum absolute atomic E-state index is 0.295. The molecule has 0 spiro atoms. The van der Waals surface area contributed by atoms with Gasteiger partial charge in [0.15, 0.2) is 17.2 Å². The van der Waals surface area contributed by atoms with Crippen LogP contribution in [0.5, 0.6) is 5.75 Å². The Bertz CT molecular complexity index is 1590. The summed E-state index contributed by atoms with van der Waals surface area (Å²) >= 11 is 0. The summed E-state index contributed by atoms with van der Waals surface area (Å²) in [6, 6.07) is 10.6. The Hall–Kier alpha value is -4.03. The third-order valence-corrected chi connectivity index (χ3v) is 8.26. The van der Waals surface area contributed by atoms with E-state index in [0.29, 0.717) is 60.8 Å². The van der Waals surface area contributed by atoms with E-state index in [-0.39, 0.29) is 0 Å². The molecule has 0 bridgehead atoms. The van der Waals surface area contributed by atoms with Gasteiger partial charge in [0.1, 0.15) is 18.9 Å². The van der Waals surface area contributed by atoms with Crippen LogP contribution in [-0.4, -0.2) is 64.3 Å². The first kappa shape index (κ1) is 29.5. The average Bonchev–Trinajstić information content (AvgIpc) is 3.33. The molecule has 1 N–H and O–H groups in total. The lowest BCUT2D eigenvalue weighted by molar-refractivity contribution is 0.0566. The third-order valence-electron chi connectivity index (χ3n) is 6.56. The molecule has 0 aliphatic carbocycles. The van der Waals surface area contributed by atoms with Crippen LogP contribution in [0.4, 0.5) is 22.0 Å². The highest BCUT2D eigenvalue weighted by Crippen LogP contribution is 2.42. The van der Waals surface area contributed by atoms with E-state index < -0.39 is 19.8 Å². The van der Waals surface area contributed by atoms with Crippen LogP contribution in [0.15, 0.2) is 42.7 Å². The van der Waals surface area contributed by atoms with Crippen molar-refractivity contribution in [3.8, 4) is 17.1 Å². The van der Waals surface area contributed by atoms with Crippen LogP contribution in [0.2, 0.25) is 25.7 Å². The van der Waals surface area contributed by atoms with Crippen molar-refractivity contribution in [1.29, 1.82) is 0 Å². The molecular formula is C30H39N7O4Si. The van der Waals surface area contributed by atoms with Gasteiger partial charge in [0.2, 0.25) is 0 Å². The van der Waals surface area contributed by atoms with Gasteiger partial charge in [-0.15, -0.1) is 0 Å². The van der Waals surface area contributed by atoms with E-state index in [4.69, 9.17) is 19.2 Å². The molecule has 0 saturated carbocycles. The van der Waals surface area contributed by atoms with Gasteiger partial charge in [0, 0.05) is 26.6 Å². The Balaban J connectivity index is 1.52. The number of hydrogen-bond acceptors (Lipinski definition) is 9. The molecule has 5 rings (SSSR count). The molecule has 1 aliphatic heterocycles. The quantitative estimate of drug-likeness (QED) is 0.184. The smallest absolute Gasteiger partial charge is 0.416 e. The topological polar surface area (TPSA) is 117 Å². The summed E-state index contributed by atoms with van der Waals surface area (Å²) in [6.07, 6.45) is 3.02. The number of nitrogens with zero attached hydrogens (tertiary/aromatic N) is 6. The second-order valence-corrected chi connectivity index (χ2v) is 18.2. The van der Waals surface area contributed by atoms with Gasteiger partial charge in [-0.05, 0) is 58.0 Å². The molecule has 5 heterocycles. The molecule has 11 nitrogen and oxygen atoms in total. The number of anilines is 3. The number of pyridine rings is 3. The van der Waals surface area contributed by atoms with Gasteiger partial charge in [0.05, 0.1) is 40.9 Å². The molecule has 42 heavy (non-hydrogen) atoms. The maximum absolute atomic E-state index is 13.2. The highest BCUT2D eigenvalue weighted by molar-refractivity contribution is 6.76. The zero-order chi connectivity index (χ0) is 30.1. The maximum atomic E-state index is 13.2. The van der Waals surface area contributed by atoms with Gasteiger partial charge in [-0.3, -0.25) is 9.88 Å². The van der Waals surface area contributed by atoms with Crippen molar-refractivity contribution in [2.45, 2.75) is 65.7 Å². The molecule has 1 amide bonds. The molecule has 0 saturated heterocycles. The summed E-state index contributed by atoms with van der Waals surface area (Å²) < 4.78 is 19.5. The van der Waals surface area contributed by atoms with E-state index >= 15 is 0 Å². The van der Waals surface area contributed by atoms with Crippen molar-refractivity contribution in [2.75, 3.05) is 30.0 Å². The van der Waals surface area contributed by atoms with Gasteiger partial charge in [-0.2, -0.15) is 5.10 Å². The number of nitrogens with one attached hydrogen (secondary N) is 1. The molecule has 1 aliphatic rings. The number of carbonyl (C=O) groups excluding carboxylic acids is 1. The van der Waals surface area contributed by atoms with E-state index in [1.807, 2.05) is 58.0 Å². The fraction of sp³-hybridized carbons (Fsp3) is 0.433. The zero-order valence-electron chi connectivity index (χ0n) is 25.4. The summed E-state index contributed by atoms with van der Waals surface area (Å²) in [4.78, 5) is 28.8. The van der Waals surface area contributed by atoms with Crippen molar-refractivity contribution < 1.29 is 19.0 Å². The van der Waals surface area contributed by atoms with Crippen LogP contribution in [0.25, 0.3) is 22.4 Å². The number of amides is 1. The third kappa shape index (κ3) is 6.88. The van der Waals surface area contributed by atoms with E-state index in [1.54, 1.807) is 17.1 Å². The largest absolute Gasteiger partial charge is 0.486 e. The number of rotatable bonds is 8. The number of hydrogen-bond donors (Lipinski definition) is 1. The van der Waals surface area contributed by atoms with Gasteiger partial charge >= 0.3 is 6.09 Å². The van der Waals surface area contributed by atoms with Crippen LogP contribution >= 0.6 is 0 Å². The predicted molar refractivity (Wildman–Crippen MR) is 166 cm³/mol. The highest BCUT2D eigenvalue weighted by Gasteiger charge is 2.32. The van der Waals surface area contributed by atoms with Crippen molar-refractivity contribution in [3.05, 3.63) is 48.4 Å². The lowest BCUT2D eigenvalue weighted by Crippen LogP contribution is -2.42. The summed E-state index contributed by atoms with van der Waals surface area (Å²) in [5.74, 6) is 0.825. The monoisotopic (exact) mass is 589 g/mol. The lowest BCUT2D eigenvalue weighted by atomic mass is 10.1. The molecule has 4 aromatic heterocycles. The molecule has 0 radical (unpaired) electrons. The first-order valence-corrected chi connectivity index (χ1v) is 17.9. The second kappa shape index (κ2) is 11.7. The van der Waals surface area contributed by atoms with E-state index in [1.165, 1.54) is 4.90 Å². The Morgan fingerprint density at radius 3 is 2.67 bits per heavy atom. The number of fused-ring (bicyclic) bond motifs is 2. The summed E-state index contributed by atoms with van der Waals surface area (Å²) in [5, 5.41) is 8.87. The lowest BCUT2D eigenvalue weighted by Gasteiger charge is -2.32. The Labute approximate surface area is 247 Å². The van der Waals surface area contributed by atoms with E-state index in [9.17, 15) is 4.79 Å². The van der Waals surface area contributed by atoms with Crippen LogP contribution in [0, 0.1) is 6.92 Å². The van der Waals surface area contributed by atoms with Crippen molar-refractivity contribution in [1.82, 2.24) is 24.7 Å². The minimum Gasteiger partial charge on any atom is -0.486 e. The number of aryl methyl sites for hydroxylation is 1. The Kier molecular flexibility index (Phi) is 8.20. The van der Waals surface area contributed by atoms with Gasteiger partial charge < -0.3 is 19.5 Å². The van der Waals surface area contributed by atoms with Crippen LogP contribution in [0.1, 0.15) is 26.5 Å². The molecule has 4 aromatic rings.